The fraction of sp³-hybridized carbons (Fsp3) is 0.302. The molecule has 314 valence electrons. The minimum absolute atomic E-state index is 0.191. The van der Waals surface area contributed by atoms with Crippen molar-refractivity contribution < 1.29 is 23.5 Å². The van der Waals surface area contributed by atoms with Crippen LogP contribution in [-0.4, -0.2) is 92.0 Å². The maximum absolute atomic E-state index is 13.6. The average Bonchev–Trinajstić information content (AvgIpc) is 3.52. The fourth-order valence-electron chi connectivity index (χ4n) is 8.04. The molecule has 2 saturated heterocycles. The lowest BCUT2D eigenvalue weighted by molar-refractivity contribution is -0.135. The molecule has 6 heterocycles. The predicted molar refractivity (Wildman–Crippen MR) is 228 cm³/mol. The zero-order valence-corrected chi connectivity index (χ0v) is 34.1. The molecule has 2 aliphatic rings. The third-order valence-corrected chi connectivity index (χ3v) is 11.2. The van der Waals surface area contributed by atoms with Gasteiger partial charge in [0.25, 0.3) is 5.91 Å². The van der Waals surface area contributed by atoms with Gasteiger partial charge in [0.1, 0.15) is 17.7 Å². The summed E-state index contributed by atoms with van der Waals surface area (Å²) >= 11 is 0. The molecule has 2 aromatic carbocycles. The van der Waals surface area contributed by atoms with Crippen molar-refractivity contribution in [2.45, 2.75) is 44.3 Å². The van der Waals surface area contributed by atoms with Gasteiger partial charge in [-0.2, -0.15) is 0 Å². The zero-order chi connectivity index (χ0) is 42.8. The number of benzene rings is 2. The van der Waals surface area contributed by atoms with E-state index in [1.165, 1.54) is 24.9 Å². The number of ether oxygens (including phenoxy) is 1. The first kappa shape index (κ1) is 40.6. The van der Waals surface area contributed by atoms with Gasteiger partial charge in [0.05, 0.1) is 53.0 Å². The number of methoxy groups -OCH3 is 1. The Morgan fingerprint density at radius 2 is 1.74 bits per heavy atom. The van der Waals surface area contributed by atoms with Crippen LogP contribution in [0.15, 0.2) is 84.2 Å². The van der Waals surface area contributed by atoms with Gasteiger partial charge in [0.15, 0.2) is 17.4 Å². The number of nitrogens with one attached hydrogen (secondary N) is 4. The number of carbonyl (C=O) groups excluding carboxylic acids is 3. The topological polar surface area (TPSA) is 194 Å². The van der Waals surface area contributed by atoms with Crippen molar-refractivity contribution in [1.82, 2.24) is 44.6 Å². The molecule has 0 radical (unpaired) electrons. The molecule has 0 bridgehead atoms. The zero-order valence-electron chi connectivity index (χ0n) is 34.1. The summed E-state index contributed by atoms with van der Waals surface area (Å²) in [5.41, 5.74) is 4.93. The standard InChI is InChI=1S/C43H45FN12O5/c1-45-41(58)30-22-47-37(18-32(30)50-31-9-5-8-29(39(31)61-4)40-48-20-26(44)21-49-40)51-36-14-10-25(19-46-36)23-53(2)28-7-6-16-55(24-28)27-11-12-33-35(17-27)54(3)43(60)56(33)34-13-15-38(57)52-42(34)59/h5,8-12,14,17-22,28,34H,6-7,13,15-16,23-24H2,1-4H3,(H,45,58)(H,52,57,59)(H2,46,47,50,51). The summed E-state index contributed by atoms with van der Waals surface area (Å²) in [6.45, 7) is 2.34. The summed E-state index contributed by atoms with van der Waals surface area (Å²) in [5, 5.41) is 11.6. The number of hydrogen-bond donors (Lipinski definition) is 4. The van der Waals surface area contributed by atoms with Gasteiger partial charge in [0.2, 0.25) is 11.8 Å². The van der Waals surface area contributed by atoms with Gasteiger partial charge in [-0.05, 0) is 68.3 Å². The van der Waals surface area contributed by atoms with E-state index in [4.69, 9.17) is 4.74 Å². The number of nitrogens with zero attached hydrogens (tertiary/aromatic N) is 8. The number of halogens is 1. The molecule has 18 heteroatoms. The molecule has 6 aromatic rings. The number of hydrogen-bond acceptors (Lipinski definition) is 13. The minimum Gasteiger partial charge on any atom is -0.494 e. The first-order valence-electron chi connectivity index (χ1n) is 19.9. The van der Waals surface area contributed by atoms with E-state index < -0.39 is 17.8 Å². The molecule has 2 aliphatic heterocycles. The Bertz CT molecular complexity index is 2680. The highest BCUT2D eigenvalue weighted by molar-refractivity contribution is 6.01. The lowest BCUT2D eigenvalue weighted by atomic mass is 10.0. The van der Waals surface area contributed by atoms with Crippen molar-refractivity contribution in [3.05, 3.63) is 107 Å². The van der Waals surface area contributed by atoms with Crippen LogP contribution in [0.2, 0.25) is 0 Å². The van der Waals surface area contributed by atoms with E-state index in [9.17, 15) is 23.6 Å². The number of imidazole rings is 1. The predicted octanol–water partition coefficient (Wildman–Crippen LogP) is 4.66. The average molecular weight is 829 g/mol. The van der Waals surface area contributed by atoms with Crippen LogP contribution in [0.1, 0.15) is 47.6 Å². The van der Waals surface area contributed by atoms with Gasteiger partial charge in [-0.25, -0.2) is 29.1 Å². The van der Waals surface area contributed by atoms with Gasteiger partial charge >= 0.3 is 5.69 Å². The van der Waals surface area contributed by atoms with E-state index in [2.05, 4.69) is 58.1 Å². The van der Waals surface area contributed by atoms with Crippen LogP contribution >= 0.6 is 0 Å². The van der Waals surface area contributed by atoms with Gasteiger partial charge in [0, 0.05) is 70.3 Å². The van der Waals surface area contributed by atoms with Crippen LogP contribution < -0.4 is 36.6 Å². The molecule has 8 rings (SSSR count). The second-order valence-electron chi connectivity index (χ2n) is 15.1. The maximum Gasteiger partial charge on any atom is 0.329 e. The molecule has 61 heavy (non-hydrogen) atoms. The highest BCUT2D eigenvalue weighted by Gasteiger charge is 2.32. The van der Waals surface area contributed by atoms with Crippen LogP contribution in [0.4, 0.5) is 33.1 Å². The number of fused-ring (bicyclic) bond motifs is 1. The van der Waals surface area contributed by atoms with Gasteiger partial charge in [-0.1, -0.05) is 12.1 Å². The number of imide groups is 1. The van der Waals surface area contributed by atoms with Crippen LogP contribution in [0.25, 0.3) is 22.4 Å². The lowest BCUT2D eigenvalue weighted by Gasteiger charge is -2.39. The Morgan fingerprint density at radius 1 is 0.934 bits per heavy atom. The molecule has 4 N–H and O–H groups in total. The van der Waals surface area contributed by atoms with E-state index in [1.54, 1.807) is 35.9 Å². The minimum atomic E-state index is -0.728. The molecule has 3 amide bonds. The van der Waals surface area contributed by atoms with Crippen LogP contribution in [0, 0.1) is 5.82 Å². The summed E-state index contributed by atoms with van der Waals surface area (Å²) in [6.07, 6.45) is 7.96. The summed E-state index contributed by atoms with van der Waals surface area (Å²) in [4.78, 5) is 72.6. The summed E-state index contributed by atoms with van der Waals surface area (Å²) in [6, 6.07) is 16.4. The molecule has 0 aliphatic carbocycles. The molecular formula is C43H45FN12O5. The van der Waals surface area contributed by atoms with Crippen molar-refractivity contribution >= 4 is 57.5 Å². The van der Waals surface area contributed by atoms with Gasteiger partial charge in [-0.15, -0.1) is 0 Å². The maximum atomic E-state index is 13.6. The van der Waals surface area contributed by atoms with E-state index in [0.717, 1.165) is 55.1 Å². The van der Waals surface area contributed by atoms with Crippen molar-refractivity contribution in [2.75, 3.05) is 49.8 Å². The molecule has 4 aromatic heterocycles. The van der Waals surface area contributed by atoms with Gasteiger partial charge in [-0.3, -0.25) is 33.7 Å². The molecule has 17 nitrogen and oxygen atoms in total. The van der Waals surface area contributed by atoms with E-state index in [-0.39, 0.29) is 42.2 Å². The Balaban J connectivity index is 0.938. The number of likely N-dealkylation sites (N-methyl/N-ethyl adjacent to an activating group) is 1. The van der Waals surface area contributed by atoms with Crippen LogP contribution in [0.5, 0.6) is 5.75 Å². The number of rotatable bonds is 12. The van der Waals surface area contributed by atoms with E-state index >= 15 is 0 Å². The number of carbonyl (C=O) groups is 3. The monoisotopic (exact) mass is 828 g/mol. The second kappa shape index (κ2) is 17.2. The number of pyridine rings is 2. The van der Waals surface area contributed by atoms with Crippen molar-refractivity contribution in [2.24, 2.45) is 7.05 Å². The molecule has 2 unspecified atom stereocenters. The summed E-state index contributed by atoms with van der Waals surface area (Å²) < 4.78 is 22.4. The molecule has 2 atom stereocenters. The third-order valence-electron chi connectivity index (χ3n) is 11.2. The largest absolute Gasteiger partial charge is 0.494 e. The number of aryl methyl sites for hydroxylation is 1. The Kier molecular flexibility index (Phi) is 11.4. The smallest absolute Gasteiger partial charge is 0.329 e. The number of anilines is 5. The quantitative estimate of drug-likeness (QED) is 0.125. The number of aromatic nitrogens is 6. The van der Waals surface area contributed by atoms with Crippen LogP contribution in [-0.2, 0) is 23.2 Å². The normalized spacial score (nSPS) is 16.7. The Labute approximate surface area is 350 Å². The summed E-state index contributed by atoms with van der Waals surface area (Å²) in [5.74, 6) is 0.00815. The Hall–Kier alpha value is -7.21. The number of amides is 3. The highest BCUT2D eigenvalue weighted by Crippen LogP contribution is 2.37. The first-order chi connectivity index (χ1) is 29.5. The first-order valence-corrected chi connectivity index (χ1v) is 19.9. The summed E-state index contributed by atoms with van der Waals surface area (Å²) in [7, 11) is 6.86. The molecule has 0 spiro atoms. The van der Waals surface area contributed by atoms with Crippen molar-refractivity contribution in [1.29, 1.82) is 0 Å². The highest BCUT2D eigenvalue weighted by atomic mass is 19.1. The van der Waals surface area contributed by atoms with Crippen molar-refractivity contribution in [3.8, 4) is 17.1 Å². The molecule has 2 fully saturated rings. The third kappa shape index (κ3) is 8.34. The van der Waals surface area contributed by atoms with Crippen molar-refractivity contribution in [3.63, 3.8) is 0 Å². The number of piperidine rings is 2. The Morgan fingerprint density at radius 3 is 2.48 bits per heavy atom. The number of para-hydroxylation sites is 1. The van der Waals surface area contributed by atoms with E-state index in [1.807, 2.05) is 36.5 Å². The molecular weight excluding hydrogens is 784 g/mol. The fourth-order valence-corrected chi connectivity index (χ4v) is 8.04. The molecule has 0 saturated carbocycles. The second-order valence-corrected chi connectivity index (χ2v) is 15.1. The van der Waals surface area contributed by atoms with E-state index in [0.29, 0.717) is 51.9 Å². The lowest BCUT2D eigenvalue weighted by Crippen LogP contribution is -2.46. The van der Waals surface area contributed by atoms with Crippen LogP contribution in [0.3, 0.4) is 0 Å². The van der Waals surface area contributed by atoms with Gasteiger partial charge < -0.3 is 25.6 Å². The SMILES string of the molecule is CNC(=O)c1cnc(Nc2ccc(CN(C)C3CCCN(c4ccc5c(c4)n(C)c(=O)n5C4CCC(=O)NC4=O)C3)cn2)cc1Nc1cccc(-c2ncc(F)cn2)c1OC.